The van der Waals surface area contributed by atoms with Gasteiger partial charge in [-0.3, -0.25) is 0 Å². The molecule has 0 aliphatic heterocycles. The lowest BCUT2D eigenvalue weighted by Crippen LogP contribution is -1.79. The Labute approximate surface area is 100 Å². The summed E-state index contributed by atoms with van der Waals surface area (Å²) in [6.45, 7) is 1.92. The molecular formula is C8H6Cl3I. The zero-order valence-electron chi connectivity index (χ0n) is 6.30. The third-order valence-electron chi connectivity index (χ3n) is 1.56. The van der Waals surface area contributed by atoms with Gasteiger partial charge in [0.15, 0.2) is 0 Å². The summed E-state index contributed by atoms with van der Waals surface area (Å²) in [6, 6.07) is 0. The fraction of sp³-hybridized carbons (Fsp3) is 0.250. The minimum atomic E-state index is 0.453. The van der Waals surface area contributed by atoms with Gasteiger partial charge >= 0.3 is 0 Å². The Morgan fingerprint density at radius 1 is 1.17 bits per heavy atom. The van der Waals surface area contributed by atoms with Gasteiger partial charge in [-0.25, -0.2) is 0 Å². The van der Waals surface area contributed by atoms with Gasteiger partial charge in [-0.2, -0.15) is 0 Å². The molecule has 0 aromatic heterocycles. The Morgan fingerprint density at radius 3 is 2.33 bits per heavy atom. The summed E-state index contributed by atoms with van der Waals surface area (Å²) in [5.74, 6) is 0. The van der Waals surface area contributed by atoms with E-state index < -0.39 is 0 Å². The van der Waals surface area contributed by atoms with E-state index in [1.165, 1.54) is 0 Å². The van der Waals surface area contributed by atoms with Crippen LogP contribution in [0.5, 0.6) is 0 Å². The first kappa shape index (κ1) is 10.9. The topological polar surface area (TPSA) is 0 Å². The second-order valence-electron chi connectivity index (χ2n) is 2.44. The first-order valence-electron chi connectivity index (χ1n) is 3.31. The highest BCUT2D eigenvalue weighted by atomic mass is 127. The largest absolute Gasteiger partial charge is 0.0824 e. The summed E-state index contributed by atoms with van der Waals surface area (Å²) >= 11 is 20.0. The quantitative estimate of drug-likeness (QED) is 0.552. The summed E-state index contributed by atoms with van der Waals surface area (Å²) in [4.78, 5) is 0. The zero-order valence-corrected chi connectivity index (χ0v) is 10.7. The summed E-state index contributed by atoms with van der Waals surface area (Å²) in [5.41, 5.74) is 0.978. The lowest BCUT2D eigenvalue weighted by molar-refractivity contribution is 1.33. The van der Waals surface area contributed by atoms with E-state index in [0.717, 1.165) is 15.6 Å². The minimum Gasteiger partial charge on any atom is -0.0824 e. The van der Waals surface area contributed by atoms with Crippen LogP contribution in [-0.2, 0) is 0 Å². The molecule has 0 spiro atoms. The van der Waals surface area contributed by atoms with E-state index in [1.54, 1.807) is 0 Å². The van der Waals surface area contributed by atoms with Gasteiger partial charge < -0.3 is 0 Å². The van der Waals surface area contributed by atoms with Crippen molar-refractivity contribution < 1.29 is 0 Å². The van der Waals surface area contributed by atoms with Gasteiger partial charge in [-0.15, -0.1) is 0 Å². The molecule has 0 aromatic carbocycles. The van der Waals surface area contributed by atoms with Crippen LogP contribution in [0.1, 0.15) is 13.3 Å². The van der Waals surface area contributed by atoms with Gasteiger partial charge in [0.2, 0.25) is 0 Å². The number of hydrogen-bond donors (Lipinski definition) is 0. The van der Waals surface area contributed by atoms with Crippen molar-refractivity contribution >= 4 is 57.4 Å². The molecule has 0 saturated heterocycles. The van der Waals surface area contributed by atoms with E-state index >= 15 is 0 Å². The molecular weight excluding hydrogens is 329 g/mol. The highest BCUT2D eigenvalue weighted by Gasteiger charge is 2.14. The van der Waals surface area contributed by atoms with Crippen molar-refractivity contribution in [2.75, 3.05) is 0 Å². The van der Waals surface area contributed by atoms with Crippen molar-refractivity contribution in [3.63, 3.8) is 0 Å². The van der Waals surface area contributed by atoms with E-state index in [1.807, 2.05) is 13.0 Å². The van der Waals surface area contributed by atoms with Crippen LogP contribution in [0.3, 0.4) is 0 Å². The van der Waals surface area contributed by atoms with Crippen LogP contribution in [0, 0.1) is 0 Å². The Bertz CT molecular complexity index is 299. The summed E-state index contributed by atoms with van der Waals surface area (Å²) in [7, 11) is 0. The van der Waals surface area contributed by atoms with Crippen LogP contribution in [-0.4, -0.2) is 0 Å². The van der Waals surface area contributed by atoms with E-state index in [9.17, 15) is 0 Å². The molecule has 0 aromatic rings. The molecule has 0 saturated carbocycles. The van der Waals surface area contributed by atoms with Crippen LogP contribution in [0.2, 0.25) is 0 Å². The highest BCUT2D eigenvalue weighted by molar-refractivity contribution is 14.1. The Kier molecular flexibility index (Phi) is 3.96. The summed E-state index contributed by atoms with van der Waals surface area (Å²) in [5, 5.41) is 1.57. The zero-order chi connectivity index (χ0) is 9.30. The maximum Gasteiger partial charge on any atom is 0.0788 e. The summed E-state index contributed by atoms with van der Waals surface area (Å²) < 4.78 is 1.02. The molecule has 0 nitrogen and oxygen atoms in total. The Morgan fingerprint density at radius 2 is 1.75 bits per heavy atom. The number of hydrogen-bond acceptors (Lipinski definition) is 0. The van der Waals surface area contributed by atoms with Crippen molar-refractivity contribution in [3.8, 4) is 0 Å². The fourth-order valence-electron chi connectivity index (χ4n) is 0.810. The highest BCUT2D eigenvalue weighted by Crippen LogP contribution is 2.37. The van der Waals surface area contributed by atoms with Gasteiger partial charge in [0.1, 0.15) is 0 Å². The lowest BCUT2D eigenvalue weighted by atomic mass is 10.2. The minimum absolute atomic E-state index is 0.453. The molecule has 1 aliphatic rings. The Hall–Kier alpha value is 0.820. The maximum atomic E-state index is 5.95. The van der Waals surface area contributed by atoms with Crippen LogP contribution >= 0.6 is 57.4 Å². The van der Waals surface area contributed by atoms with Crippen molar-refractivity contribution in [2.24, 2.45) is 0 Å². The molecule has 1 rings (SSSR count). The molecule has 0 unspecified atom stereocenters. The smallest absolute Gasteiger partial charge is 0.0788 e. The SMILES string of the molecule is CC1=CCC(I)=C(Cl)C(Cl)=C1Cl. The first-order chi connectivity index (χ1) is 5.54. The van der Waals surface area contributed by atoms with Crippen LogP contribution < -0.4 is 0 Å². The fourth-order valence-corrected chi connectivity index (χ4v) is 2.11. The molecule has 0 fully saturated rings. The van der Waals surface area contributed by atoms with Crippen LogP contribution in [0.4, 0.5) is 0 Å². The molecule has 12 heavy (non-hydrogen) atoms. The molecule has 0 N–H and O–H groups in total. The molecule has 0 radical (unpaired) electrons. The van der Waals surface area contributed by atoms with E-state index in [-0.39, 0.29) is 0 Å². The number of rotatable bonds is 0. The maximum absolute atomic E-state index is 5.95. The van der Waals surface area contributed by atoms with E-state index in [0.29, 0.717) is 15.1 Å². The van der Waals surface area contributed by atoms with Crippen LogP contribution in [0.15, 0.2) is 30.3 Å². The van der Waals surface area contributed by atoms with Gasteiger partial charge in [0.05, 0.1) is 15.1 Å². The van der Waals surface area contributed by atoms with Gasteiger partial charge in [-0.1, -0.05) is 40.9 Å². The van der Waals surface area contributed by atoms with Gasteiger partial charge in [0.25, 0.3) is 0 Å². The normalized spacial score (nSPS) is 19.6. The first-order valence-corrected chi connectivity index (χ1v) is 5.52. The van der Waals surface area contributed by atoms with Gasteiger partial charge in [-0.05, 0) is 41.5 Å². The van der Waals surface area contributed by atoms with Gasteiger partial charge in [0, 0.05) is 3.58 Å². The average molecular weight is 335 g/mol. The molecule has 0 heterocycles. The van der Waals surface area contributed by atoms with Crippen molar-refractivity contribution in [1.29, 1.82) is 0 Å². The van der Waals surface area contributed by atoms with Crippen LogP contribution in [0.25, 0.3) is 0 Å². The molecule has 0 atom stereocenters. The average Bonchev–Trinajstić information content (AvgIpc) is 2.14. The number of allylic oxidation sites excluding steroid dienone is 6. The third kappa shape index (κ3) is 2.19. The second kappa shape index (κ2) is 4.36. The predicted octanol–water partition coefficient (Wildman–Crippen LogP) is 4.91. The van der Waals surface area contributed by atoms with E-state index in [2.05, 4.69) is 22.6 Å². The second-order valence-corrected chi connectivity index (χ2v) is 4.87. The van der Waals surface area contributed by atoms with Crippen molar-refractivity contribution in [2.45, 2.75) is 13.3 Å². The molecule has 0 bridgehead atoms. The lowest BCUT2D eigenvalue weighted by Gasteiger charge is -2.00. The molecule has 1 aliphatic carbocycles. The van der Waals surface area contributed by atoms with Crippen molar-refractivity contribution in [3.05, 3.63) is 30.3 Å². The molecule has 0 amide bonds. The Balaban J connectivity index is 3.23. The number of halogens is 4. The monoisotopic (exact) mass is 334 g/mol. The third-order valence-corrected chi connectivity index (χ3v) is 4.33. The molecule has 66 valence electrons. The molecule has 4 heteroatoms. The predicted molar refractivity (Wildman–Crippen MR) is 64.0 cm³/mol. The van der Waals surface area contributed by atoms with Crippen molar-refractivity contribution in [1.82, 2.24) is 0 Å². The standard InChI is InChI=1S/C8H6Cl3I/c1-4-2-3-5(12)7(10)8(11)6(4)9/h2H,3H2,1H3. The van der Waals surface area contributed by atoms with E-state index in [4.69, 9.17) is 34.8 Å². The summed E-state index contributed by atoms with van der Waals surface area (Å²) in [6.07, 6.45) is 2.82.